The molecular formula is C18H14FN3O3. The number of aromatic nitrogens is 3. The molecule has 6 nitrogen and oxygen atoms in total. The number of halogens is 1. The molecule has 0 aliphatic heterocycles. The molecule has 0 spiro atoms. The zero-order valence-electron chi connectivity index (χ0n) is 13.1. The molecule has 0 saturated carbocycles. The van der Waals surface area contributed by atoms with E-state index in [4.69, 9.17) is 0 Å². The van der Waals surface area contributed by atoms with Gasteiger partial charge in [-0.2, -0.15) is 0 Å². The summed E-state index contributed by atoms with van der Waals surface area (Å²) in [6.45, 7) is 0. The fourth-order valence-electron chi connectivity index (χ4n) is 2.31. The van der Waals surface area contributed by atoms with E-state index in [1.165, 1.54) is 18.3 Å². The molecule has 0 unspecified atom stereocenters. The molecule has 2 N–H and O–H groups in total. The molecule has 2 heterocycles. The Morgan fingerprint density at radius 1 is 1.16 bits per heavy atom. The molecule has 0 aliphatic rings. The molecule has 3 aromatic rings. The highest BCUT2D eigenvalue weighted by Gasteiger charge is 2.18. The third-order valence-electron chi connectivity index (χ3n) is 3.62. The predicted octanol–water partition coefficient (Wildman–Crippen LogP) is 2.49. The van der Waals surface area contributed by atoms with Gasteiger partial charge in [0.2, 0.25) is 5.75 Å². The number of hydrogen-bond donors (Lipinski definition) is 2. The number of ketones is 1. The number of aryl methyl sites for hydroxylation is 1. The van der Waals surface area contributed by atoms with E-state index in [1.807, 2.05) is 0 Å². The molecule has 0 aliphatic carbocycles. The van der Waals surface area contributed by atoms with Crippen molar-refractivity contribution in [2.45, 2.75) is 12.8 Å². The number of benzene rings is 1. The van der Waals surface area contributed by atoms with Gasteiger partial charge in [0.05, 0.1) is 0 Å². The summed E-state index contributed by atoms with van der Waals surface area (Å²) in [6.07, 6.45) is 1.89. The van der Waals surface area contributed by atoms with Crippen LogP contribution in [-0.2, 0) is 6.42 Å². The van der Waals surface area contributed by atoms with Crippen molar-refractivity contribution in [3.8, 4) is 17.3 Å². The molecule has 126 valence electrons. The molecule has 0 atom stereocenters. The maximum atomic E-state index is 12.9. The van der Waals surface area contributed by atoms with Crippen LogP contribution in [0, 0.1) is 5.82 Å². The fourth-order valence-corrected chi connectivity index (χ4v) is 2.31. The lowest BCUT2D eigenvalue weighted by atomic mass is 10.1. The number of aromatic hydroxyl groups is 1. The normalized spacial score (nSPS) is 10.6. The summed E-state index contributed by atoms with van der Waals surface area (Å²) in [4.78, 5) is 34.8. The van der Waals surface area contributed by atoms with Crippen LogP contribution in [0.1, 0.15) is 22.5 Å². The van der Waals surface area contributed by atoms with Crippen molar-refractivity contribution in [2.24, 2.45) is 0 Å². The summed E-state index contributed by atoms with van der Waals surface area (Å²) < 4.78 is 12.9. The Morgan fingerprint density at radius 3 is 2.60 bits per heavy atom. The molecule has 0 fully saturated rings. The number of H-pyrrole nitrogens is 1. The lowest BCUT2D eigenvalue weighted by molar-refractivity contribution is 0.0974. The van der Waals surface area contributed by atoms with Gasteiger partial charge in [-0.3, -0.25) is 14.6 Å². The highest BCUT2D eigenvalue weighted by Crippen LogP contribution is 2.17. The van der Waals surface area contributed by atoms with E-state index >= 15 is 0 Å². The molecule has 7 heteroatoms. The van der Waals surface area contributed by atoms with Gasteiger partial charge in [0.1, 0.15) is 11.5 Å². The van der Waals surface area contributed by atoms with E-state index in [1.54, 1.807) is 30.3 Å². The second-order valence-corrected chi connectivity index (χ2v) is 5.38. The first-order valence-electron chi connectivity index (χ1n) is 7.57. The predicted molar refractivity (Wildman–Crippen MR) is 88.8 cm³/mol. The van der Waals surface area contributed by atoms with Crippen molar-refractivity contribution in [3.63, 3.8) is 0 Å². The molecule has 2 aromatic heterocycles. The van der Waals surface area contributed by atoms with E-state index in [0.29, 0.717) is 12.1 Å². The first kappa shape index (κ1) is 16.5. The summed E-state index contributed by atoms with van der Waals surface area (Å²) >= 11 is 0. The van der Waals surface area contributed by atoms with E-state index in [-0.39, 0.29) is 23.8 Å². The van der Waals surface area contributed by atoms with Crippen LogP contribution in [0.4, 0.5) is 4.39 Å². The second-order valence-electron chi connectivity index (χ2n) is 5.38. The van der Waals surface area contributed by atoms with E-state index in [9.17, 15) is 19.1 Å². The highest BCUT2D eigenvalue weighted by atomic mass is 19.1. The number of nitrogens with zero attached hydrogens (tertiary/aromatic N) is 2. The molecule has 0 saturated heterocycles. The van der Waals surface area contributed by atoms with Crippen LogP contribution in [0.15, 0.2) is 53.5 Å². The quantitative estimate of drug-likeness (QED) is 0.696. The topological polar surface area (TPSA) is 95.9 Å². The lowest BCUT2D eigenvalue weighted by Gasteiger charge is -2.06. The Labute approximate surface area is 142 Å². The SMILES string of the molecule is O=C(CCc1ccc(F)cc1)c1nc(-c2ccccn2)[nH]c(=O)c1O. The Bertz CT molecular complexity index is 954. The zero-order valence-corrected chi connectivity index (χ0v) is 13.1. The standard InChI is InChI=1S/C18H14FN3O3/c19-12-7-4-11(5-8-12)6-9-14(23)15-16(24)18(25)22-17(21-15)13-3-1-2-10-20-13/h1-5,7-8,10,24H,6,9H2,(H,21,22,25). The smallest absolute Gasteiger partial charge is 0.294 e. The first-order chi connectivity index (χ1) is 12.0. The van der Waals surface area contributed by atoms with Crippen molar-refractivity contribution in [3.05, 3.63) is 76.1 Å². The number of Topliss-reactive ketones (excluding diaryl/α,β-unsaturated/α-hetero) is 1. The van der Waals surface area contributed by atoms with Crippen LogP contribution in [0.2, 0.25) is 0 Å². The van der Waals surface area contributed by atoms with Gasteiger partial charge < -0.3 is 10.1 Å². The van der Waals surface area contributed by atoms with Gasteiger partial charge in [-0.05, 0) is 36.2 Å². The van der Waals surface area contributed by atoms with Crippen LogP contribution in [-0.4, -0.2) is 25.8 Å². The second kappa shape index (κ2) is 7.04. The monoisotopic (exact) mass is 339 g/mol. The van der Waals surface area contributed by atoms with Gasteiger partial charge >= 0.3 is 0 Å². The minimum Gasteiger partial charge on any atom is -0.501 e. The molecule has 0 bridgehead atoms. The van der Waals surface area contributed by atoms with Crippen LogP contribution < -0.4 is 5.56 Å². The number of aromatic amines is 1. The third kappa shape index (κ3) is 3.77. The maximum absolute atomic E-state index is 12.9. The van der Waals surface area contributed by atoms with E-state index in [2.05, 4.69) is 15.0 Å². The summed E-state index contributed by atoms with van der Waals surface area (Å²) in [5, 5.41) is 9.88. The molecule has 3 rings (SSSR count). The van der Waals surface area contributed by atoms with Gasteiger partial charge in [0.15, 0.2) is 17.3 Å². The van der Waals surface area contributed by atoms with Crippen molar-refractivity contribution >= 4 is 5.78 Å². The van der Waals surface area contributed by atoms with Gasteiger partial charge in [-0.15, -0.1) is 0 Å². The van der Waals surface area contributed by atoms with E-state index < -0.39 is 17.1 Å². The average Bonchev–Trinajstić information content (AvgIpc) is 2.64. The first-order valence-corrected chi connectivity index (χ1v) is 7.57. The minimum absolute atomic E-state index is 0.0251. The van der Waals surface area contributed by atoms with E-state index in [0.717, 1.165) is 5.56 Å². The zero-order chi connectivity index (χ0) is 17.8. The number of pyridine rings is 1. The highest BCUT2D eigenvalue weighted by molar-refractivity contribution is 5.97. The van der Waals surface area contributed by atoms with Crippen LogP contribution >= 0.6 is 0 Å². The molecule has 0 radical (unpaired) electrons. The largest absolute Gasteiger partial charge is 0.501 e. The number of hydrogen-bond acceptors (Lipinski definition) is 5. The Morgan fingerprint density at radius 2 is 1.92 bits per heavy atom. The fraction of sp³-hybridized carbons (Fsp3) is 0.111. The minimum atomic E-state index is -0.805. The molecular weight excluding hydrogens is 325 g/mol. The summed E-state index contributed by atoms with van der Waals surface area (Å²) in [6, 6.07) is 10.8. The summed E-state index contributed by atoms with van der Waals surface area (Å²) in [7, 11) is 0. The van der Waals surface area contributed by atoms with Crippen molar-refractivity contribution in [1.82, 2.24) is 15.0 Å². The Balaban J connectivity index is 1.85. The number of nitrogens with one attached hydrogen (secondary N) is 1. The number of carbonyl (C=O) groups is 1. The Kier molecular flexibility index (Phi) is 4.65. The van der Waals surface area contributed by atoms with Gasteiger partial charge in [0, 0.05) is 12.6 Å². The van der Waals surface area contributed by atoms with Crippen molar-refractivity contribution in [2.75, 3.05) is 0 Å². The number of carbonyl (C=O) groups excluding carboxylic acids is 1. The lowest BCUT2D eigenvalue weighted by Crippen LogP contribution is -2.16. The van der Waals surface area contributed by atoms with Gasteiger partial charge in [-0.25, -0.2) is 9.37 Å². The van der Waals surface area contributed by atoms with Gasteiger partial charge in [0.25, 0.3) is 5.56 Å². The average molecular weight is 339 g/mol. The third-order valence-corrected chi connectivity index (χ3v) is 3.62. The molecule has 1 aromatic carbocycles. The van der Waals surface area contributed by atoms with Crippen molar-refractivity contribution in [1.29, 1.82) is 0 Å². The van der Waals surface area contributed by atoms with Crippen molar-refractivity contribution < 1.29 is 14.3 Å². The van der Waals surface area contributed by atoms with Gasteiger partial charge in [-0.1, -0.05) is 18.2 Å². The van der Waals surface area contributed by atoms with Crippen LogP contribution in [0.5, 0.6) is 5.75 Å². The molecule has 25 heavy (non-hydrogen) atoms. The number of rotatable bonds is 5. The maximum Gasteiger partial charge on any atom is 0.294 e. The Hall–Kier alpha value is -3.35. The molecule has 0 amide bonds. The van der Waals surface area contributed by atoms with Crippen LogP contribution in [0.25, 0.3) is 11.5 Å². The summed E-state index contributed by atoms with van der Waals surface area (Å²) in [5.41, 5.74) is 0.0449. The summed E-state index contributed by atoms with van der Waals surface area (Å²) in [5.74, 6) is -1.45. The van der Waals surface area contributed by atoms with Crippen LogP contribution in [0.3, 0.4) is 0 Å².